The number of carbonyl (C=O) groups is 1. The number of aromatic nitrogens is 2. The van der Waals surface area contributed by atoms with Gasteiger partial charge in [0.1, 0.15) is 11.4 Å². The highest BCUT2D eigenvalue weighted by Gasteiger charge is 2.19. The van der Waals surface area contributed by atoms with Gasteiger partial charge in [0.2, 0.25) is 0 Å². The molecule has 6 nitrogen and oxygen atoms in total. The van der Waals surface area contributed by atoms with Gasteiger partial charge in [0.05, 0.1) is 24.7 Å². The van der Waals surface area contributed by atoms with Crippen molar-refractivity contribution in [1.82, 2.24) is 9.97 Å². The second kappa shape index (κ2) is 8.08. The monoisotopic (exact) mass is 374 g/mol. The van der Waals surface area contributed by atoms with Crippen LogP contribution in [-0.2, 0) is 6.42 Å². The van der Waals surface area contributed by atoms with E-state index in [1.165, 1.54) is 11.8 Å². The second-order valence-corrected chi connectivity index (χ2v) is 6.53. The molecule has 1 aliphatic rings. The number of hydrogen-bond acceptors (Lipinski definition) is 5. The number of nitrogens with one attached hydrogen (secondary N) is 1. The minimum atomic E-state index is -0.315. The van der Waals surface area contributed by atoms with Crippen molar-refractivity contribution in [2.45, 2.75) is 19.8 Å². The maximum atomic E-state index is 12.6. The molecule has 0 bridgehead atoms. The summed E-state index contributed by atoms with van der Waals surface area (Å²) in [6.45, 7) is 3.32. The molecule has 0 aliphatic carbocycles. The molecule has 2 heterocycles. The summed E-state index contributed by atoms with van der Waals surface area (Å²) in [4.78, 5) is 23.6. The third kappa shape index (κ3) is 3.67. The van der Waals surface area contributed by atoms with Crippen LogP contribution in [0, 0.1) is 0 Å². The smallest absolute Gasteiger partial charge is 0.275 e. The molecular weight excluding hydrogens is 352 g/mol. The first-order chi connectivity index (χ1) is 13.8. The molecule has 1 amide bonds. The maximum absolute atomic E-state index is 12.6. The number of ether oxygens (including phenoxy) is 1. The summed E-state index contributed by atoms with van der Waals surface area (Å²) in [7, 11) is 0. The fourth-order valence-corrected chi connectivity index (χ4v) is 3.39. The van der Waals surface area contributed by atoms with Gasteiger partial charge in [-0.2, -0.15) is 0 Å². The average molecular weight is 374 g/mol. The number of amides is 1. The van der Waals surface area contributed by atoms with Crippen LogP contribution in [0.5, 0.6) is 5.75 Å². The molecule has 0 radical (unpaired) electrons. The summed E-state index contributed by atoms with van der Waals surface area (Å²) < 4.78 is 5.55. The maximum Gasteiger partial charge on any atom is 0.275 e. The molecule has 4 rings (SSSR count). The van der Waals surface area contributed by atoms with Gasteiger partial charge in [0.25, 0.3) is 5.91 Å². The Hall–Kier alpha value is -3.41. The highest BCUT2D eigenvalue weighted by Crippen LogP contribution is 2.31. The van der Waals surface area contributed by atoms with Gasteiger partial charge >= 0.3 is 0 Å². The lowest BCUT2D eigenvalue weighted by Crippen LogP contribution is -2.25. The topological polar surface area (TPSA) is 67.3 Å². The Kier molecular flexibility index (Phi) is 5.19. The van der Waals surface area contributed by atoms with Crippen molar-refractivity contribution in [2.75, 3.05) is 23.4 Å². The standard InChI is InChI=1S/C22H22N4O2/c1-2-28-20-12-6-4-10-17(20)25-22(27)18-14-24-21(15-23-18)26-13-7-9-16-8-3-5-11-19(16)26/h3-6,8,10-12,14-15H,2,7,9,13H2,1H3,(H,25,27). The largest absolute Gasteiger partial charge is 0.492 e. The number of rotatable bonds is 5. The van der Waals surface area contributed by atoms with E-state index >= 15 is 0 Å². The summed E-state index contributed by atoms with van der Waals surface area (Å²) in [6, 6.07) is 15.7. The summed E-state index contributed by atoms with van der Waals surface area (Å²) >= 11 is 0. The number of carbonyl (C=O) groups excluding carboxylic acids is 1. The Balaban J connectivity index is 1.52. The zero-order valence-electron chi connectivity index (χ0n) is 15.8. The molecule has 142 valence electrons. The second-order valence-electron chi connectivity index (χ2n) is 6.53. The molecule has 0 saturated heterocycles. The molecule has 1 N–H and O–H groups in total. The van der Waals surface area contributed by atoms with E-state index in [1.807, 2.05) is 31.2 Å². The Bertz CT molecular complexity index is 972. The third-order valence-corrected chi connectivity index (χ3v) is 4.69. The van der Waals surface area contributed by atoms with Crippen LogP contribution in [0.15, 0.2) is 60.9 Å². The van der Waals surface area contributed by atoms with E-state index in [9.17, 15) is 4.79 Å². The van der Waals surface area contributed by atoms with Crippen molar-refractivity contribution in [3.63, 3.8) is 0 Å². The molecular formula is C22H22N4O2. The SMILES string of the molecule is CCOc1ccccc1NC(=O)c1cnc(N2CCCc3ccccc32)cn1. The minimum absolute atomic E-state index is 0.264. The molecule has 6 heteroatoms. The van der Waals surface area contributed by atoms with Crippen LogP contribution in [0.25, 0.3) is 0 Å². The Labute approximate surface area is 164 Å². The van der Waals surface area contributed by atoms with E-state index in [0.717, 1.165) is 30.9 Å². The fourth-order valence-electron chi connectivity index (χ4n) is 3.39. The quantitative estimate of drug-likeness (QED) is 0.724. The highest BCUT2D eigenvalue weighted by atomic mass is 16.5. The summed E-state index contributed by atoms with van der Waals surface area (Å²) in [6.07, 6.45) is 5.31. The van der Waals surface area contributed by atoms with Gasteiger partial charge in [-0.15, -0.1) is 0 Å². The number of anilines is 3. The zero-order chi connectivity index (χ0) is 19.3. The number of fused-ring (bicyclic) bond motifs is 1. The average Bonchev–Trinajstić information content (AvgIpc) is 2.75. The zero-order valence-corrected chi connectivity index (χ0v) is 15.8. The molecule has 0 saturated carbocycles. The molecule has 0 unspecified atom stereocenters. The number of para-hydroxylation sites is 3. The van der Waals surface area contributed by atoms with Crippen molar-refractivity contribution in [3.05, 3.63) is 72.2 Å². The Morgan fingerprint density at radius 3 is 2.75 bits per heavy atom. The third-order valence-electron chi connectivity index (χ3n) is 4.69. The minimum Gasteiger partial charge on any atom is -0.492 e. The van der Waals surface area contributed by atoms with E-state index in [-0.39, 0.29) is 11.6 Å². The Morgan fingerprint density at radius 1 is 1.11 bits per heavy atom. The fraction of sp³-hybridized carbons (Fsp3) is 0.227. The van der Waals surface area contributed by atoms with E-state index in [0.29, 0.717) is 18.0 Å². The van der Waals surface area contributed by atoms with Gasteiger partial charge in [0.15, 0.2) is 5.82 Å². The summed E-state index contributed by atoms with van der Waals surface area (Å²) in [5, 5.41) is 2.85. The molecule has 0 fully saturated rings. The molecule has 28 heavy (non-hydrogen) atoms. The lowest BCUT2D eigenvalue weighted by molar-refractivity contribution is 0.102. The normalized spacial score (nSPS) is 13.0. The molecule has 1 aromatic heterocycles. The van der Waals surface area contributed by atoms with Crippen LogP contribution in [-0.4, -0.2) is 29.0 Å². The number of hydrogen-bond donors (Lipinski definition) is 1. The van der Waals surface area contributed by atoms with E-state index < -0.39 is 0 Å². The first kappa shape index (κ1) is 18.0. The Morgan fingerprint density at radius 2 is 1.93 bits per heavy atom. The van der Waals surface area contributed by atoms with Crippen LogP contribution >= 0.6 is 0 Å². The molecule has 3 aromatic rings. The van der Waals surface area contributed by atoms with Crippen LogP contribution in [0.1, 0.15) is 29.4 Å². The number of benzene rings is 2. The molecule has 0 spiro atoms. The van der Waals surface area contributed by atoms with Crippen LogP contribution in [0.3, 0.4) is 0 Å². The van der Waals surface area contributed by atoms with Gasteiger partial charge in [-0.1, -0.05) is 30.3 Å². The predicted molar refractivity (Wildman–Crippen MR) is 109 cm³/mol. The lowest BCUT2D eigenvalue weighted by Gasteiger charge is -2.30. The molecule has 2 aromatic carbocycles. The number of nitrogens with zero attached hydrogens (tertiary/aromatic N) is 3. The van der Waals surface area contributed by atoms with E-state index in [4.69, 9.17) is 4.74 Å². The van der Waals surface area contributed by atoms with Crippen molar-refractivity contribution < 1.29 is 9.53 Å². The summed E-state index contributed by atoms with van der Waals surface area (Å²) in [5.41, 5.74) is 3.35. The van der Waals surface area contributed by atoms with E-state index in [1.54, 1.807) is 12.3 Å². The summed E-state index contributed by atoms with van der Waals surface area (Å²) in [5.74, 6) is 1.07. The van der Waals surface area contributed by atoms with Crippen LogP contribution in [0.4, 0.5) is 17.2 Å². The highest BCUT2D eigenvalue weighted by molar-refractivity contribution is 6.03. The van der Waals surface area contributed by atoms with Gasteiger partial charge in [0, 0.05) is 12.2 Å². The molecule has 0 atom stereocenters. The van der Waals surface area contributed by atoms with Gasteiger partial charge in [-0.25, -0.2) is 9.97 Å². The van der Waals surface area contributed by atoms with Crippen LogP contribution < -0.4 is 15.0 Å². The first-order valence-electron chi connectivity index (χ1n) is 9.47. The van der Waals surface area contributed by atoms with Crippen molar-refractivity contribution >= 4 is 23.1 Å². The van der Waals surface area contributed by atoms with Crippen molar-refractivity contribution in [3.8, 4) is 5.75 Å². The van der Waals surface area contributed by atoms with Gasteiger partial charge in [-0.3, -0.25) is 4.79 Å². The predicted octanol–water partition coefficient (Wildman–Crippen LogP) is 4.21. The van der Waals surface area contributed by atoms with Gasteiger partial charge < -0.3 is 15.0 Å². The van der Waals surface area contributed by atoms with Crippen molar-refractivity contribution in [2.24, 2.45) is 0 Å². The van der Waals surface area contributed by atoms with Crippen molar-refractivity contribution in [1.29, 1.82) is 0 Å². The van der Waals surface area contributed by atoms with Crippen LogP contribution in [0.2, 0.25) is 0 Å². The first-order valence-corrected chi connectivity index (χ1v) is 9.47. The van der Waals surface area contributed by atoms with E-state index in [2.05, 4.69) is 38.4 Å². The number of aryl methyl sites for hydroxylation is 1. The lowest BCUT2D eigenvalue weighted by atomic mass is 10.0. The molecule has 1 aliphatic heterocycles. The van der Waals surface area contributed by atoms with Gasteiger partial charge in [-0.05, 0) is 43.5 Å².